The molecular formula is C16H27NO4. The zero-order valence-electron chi connectivity index (χ0n) is 13.7. The molecule has 1 aliphatic heterocycles. The molecule has 1 saturated heterocycles. The van der Waals surface area contributed by atoms with E-state index in [2.05, 4.69) is 0 Å². The molecule has 21 heavy (non-hydrogen) atoms. The van der Waals surface area contributed by atoms with E-state index >= 15 is 0 Å². The molecule has 3 unspecified atom stereocenters. The molecule has 1 fully saturated rings. The maximum atomic E-state index is 12.5. The average molecular weight is 297 g/mol. The Balaban J connectivity index is 2.62. The van der Waals surface area contributed by atoms with Gasteiger partial charge in [-0.2, -0.15) is 0 Å². The highest BCUT2D eigenvalue weighted by Crippen LogP contribution is 2.40. The lowest BCUT2D eigenvalue weighted by Crippen LogP contribution is -2.42. The van der Waals surface area contributed by atoms with Crippen LogP contribution < -0.4 is 0 Å². The molecular weight excluding hydrogens is 270 g/mol. The zero-order valence-corrected chi connectivity index (χ0v) is 13.7. The highest BCUT2D eigenvalue weighted by molar-refractivity contribution is 6.06. The minimum absolute atomic E-state index is 0.0821. The van der Waals surface area contributed by atoms with Gasteiger partial charge in [-0.25, -0.2) is 0 Å². The lowest BCUT2D eigenvalue weighted by molar-refractivity contribution is -0.145. The number of rotatable bonds is 7. The first-order valence-corrected chi connectivity index (χ1v) is 7.70. The van der Waals surface area contributed by atoms with Crippen molar-refractivity contribution in [3.63, 3.8) is 0 Å². The van der Waals surface area contributed by atoms with Crippen molar-refractivity contribution in [1.29, 1.82) is 0 Å². The summed E-state index contributed by atoms with van der Waals surface area (Å²) in [5.74, 6) is -1.25. The Kier molecular flexibility index (Phi) is 5.54. The number of carboxylic acids is 1. The lowest BCUT2D eigenvalue weighted by Gasteiger charge is -2.28. The third-order valence-electron chi connectivity index (χ3n) is 4.89. The summed E-state index contributed by atoms with van der Waals surface area (Å²) < 4.78 is 0. The second kappa shape index (κ2) is 6.58. The molecule has 2 amide bonds. The van der Waals surface area contributed by atoms with E-state index in [1.165, 1.54) is 4.90 Å². The Morgan fingerprint density at radius 2 is 1.81 bits per heavy atom. The first-order chi connectivity index (χ1) is 9.61. The number of aliphatic carboxylic acids is 1. The predicted molar refractivity (Wildman–Crippen MR) is 79.5 cm³/mol. The van der Waals surface area contributed by atoms with Gasteiger partial charge in [-0.1, -0.05) is 27.2 Å². The van der Waals surface area contributed by atoms with Gasteiger partial charge in [0.2, 0.25) is 11.8 Å². The van der Waals surface area contributed by atoms with Crippen LogP contribution in [0.15, 0.2) is 0 Å². The molecule has 0 saturated carbocycles. The van der Waals surface area contributed by atoms with E-state index in [-0.39, 0.29) is 36.1 Å². The SMILES string of the molecule is CC(CCCC(C)N1C(=O)CC(C)(C(C)C)C1=O)C(=O)O. The number of hydrogen-bond donors (Lipinski definition) is 1. The highest BCUT2D eigenvalue weighted by atomic mass is 16.4. The molecule has 0 aromatic carbocycles. The normalized spacial score (nSPS) is 25.5. The topological polar surface area (TPSA) is 74.7 Å². The summed E-state index contributed by atoms with van der Waals surface area (Å²) in [4.78, 5) is 36.9. The van der Waals surface area contributed by atoms with Crippen molar-refractivity contribution in [2.24, 2.45) is 17.3 Å². The summed E-state index contributed by atoms with van der Waals surface area (Å²) in [5, 5.41) is 8.85. The van der Waals surface area contributed by atoms with E-state index in [1.807, 2.05) is 27.7 Å². The van der Waals surface area contributed by atoms with Crippen LogP contribution in [-0.4, -0.2) is 33.8 Å². The number of carbonyl (C=O) groups excluding carboxylic acids is 2. The van der Waals surface area contributed by atoms with Crippen LogP contribution in [0.1, 0.15) is 60.3 Å². The molecule has 0 aliphatic carbocycles. The van der Waals surface area contributed by atoms with Gasteiger partial charge < -0.3 is 5.11 Å². The third-order valence-corrected chi connectivity index (χ3v) is 4.89. The summed E-state index contributed by atoms with van der Waals surface area (Å²) in [5.41, 5.74) is -0.598. The first-order valence-electron chi connectivity index (χ1n) is 7.70. The molecule has 1 rings (SSSR count). The molecule has 3 atom stereocenters. The predicted octanol–water partition coefficient (Wildman–Crippen LogP) is 2.69. The number of imide groups is 1. The number of carbonyl (C=O) groups is 3. The number of nitrogens with zero attached hydrogens (tertiary/aromatic N) is 1. The zero-order chi connectivity index (χ0) is 16.4. The van der Waals surface area contributed by atoms with Gasteiger partial charge >= 0.3 is 5.97 Å². The van der Waals surface area contributed by atoms with Crippen LogP contribution in [0.5, 0.6) is 0 Å². The maximum absolute atomic E-state index is 12.5. The molecule has 0 spiro atoms. The molecule has 5 nitrogen and oxygen atoms in total. The van der Waals surface area contributed by atoms with Crippen molar-refractivity contribution in [2.45, 2.75) is 66.3 Å². The van der Waals surface area contributed by atoms with Gasteiger partial charge in [0.05, 0.1) is 11.3 Å². The maximum Gasteiger partial charge on any atom is 0.306 e. The van der Waals surface area contributed by atoms with Gasteiger partial charge in [0.25, 0.3) is 0 Å². The van der Waals surface area contributed by atoms with Crippen molar-refractivity contribution in [3.05, 3.63) is 0 Å². The van der Waals surface area contributed by atoms with Gasteiger partial charge in [0.1, 0.15) is 0 Å². The molecule has 1 N–H and O–H groups in total. The van der Waals surface area contributed by atoms with Crippen LogP contribution in [0.3, 0.4) is 0 Å². The smallest absolute Gasteiger partial charge is 0.306 e. The van der Waals surface area contributed by atoms with Gasteiger partial charge in [0, 0.05) is 12.5 Å². The molecule has 0 radical (unpaired) electrons. The minimum atomic E-state index is -0.802. The average Bonchev–Trinajstić information content (AvgIpc) is 2.60. The Morgan fingerprint density at radius 3 is 2.24 bits per heavy atom. The molecule has 5 heteroatoms. The Bertz CT molecular complexity index is 432. The van der Waals surface area contributed by atoms with Crippen molar-refractivity contribution in [3.8, 4) is 0 Å². The van der Waals surface area contributed by atoms with Crippen LogP contribution in [0, 0.1) is 17.3 Å². The molecule has 1 aliphatic rings. The summed E-state index contributed by atoms with van der Waals surface area (Å²) in [6, 6.07) is -0.161. The molecule has 0 aromatic heterocycles. The highest BCUT2D eigenvalue weighted by Gasteiger charge is 2.51. The number of likely N-dealkylation sites (tertiary alicyclic amines) is 1. The summed E-state index contributed by atoms with van der Waals surface area (Å²) in [6.45, 7) is 9.33. The van der Waals surface area contributed by atoms with E-state index in [9.17, 15) is 14.4 Å². The quantitative estimate of drug-likeness (QED) is 0.733. The van der Waals surface area contributed by atoms with E-state index in [4.69, 9.17) is 5.11 Å². The minimum Gasteiger partial charge on any atom is -0.481 e. The van der Waals surface area contributed by atoms with Gasteiger partial charge in [-0.3, -0.25) is 19.3 Å². The summed E-state index contributed by atoms with van der Waals surface area (Å²) >= 11 is 0. The monoisotopic (exact) mass is 297 g/mol. The van der Waals surface area contributed by atoms with Crippen LogP contribution in [0.4, 0.5) is 0 Å². The number of carboxylic acid groups (broad SMARTS) is 1. The Morgan fingerprint density at radius 1 is 1.24 bits per heavy atom. The fraction of sp³-hybridized carbons (Fsp3) is 0.812. The van der Waals surface area contributed by atoms with Crippen molar-refractivity contribution >= 4 is 17.8 Å². The second-order valence-electron chi connectivity index (χ2n) is 6.84. The van der Waals surface area contributed by atoms with Crippen LogP contribution in [-0.2, 0) is 14.4 Å². The Hall–Kier alpha value is -1.39. The van der Waals surface area contributed by atoms with E-state index in [0.717, 1.165) is 0 Å². The van der Waals surface area contributed by atoms with Crippen LogP contribution >= 0.6 is 0 Å². The van der Waals surface area contributed by atoms with Gasteiger partial charge in [0.15, 0.2) is 0 Å². The molecule has 1 heterocycles. The third kappa shape index (κ3) is 3.63. The van der Waals surface area contributed by atoms with E-state index in [0.29, 0.717) is 19.3 Å². The summed E-state index contributed by atoms with van der Waals surface area (Å²) in [7, 11) is 0. The van der Waals surface area contributed by atoms with Crippen LogP contribution in [0.25, 0.3) is 0 Å². The Labute approximate surface area is 126 Å². The fourth-order valence-corrected chi connectivity index (χ4v) is 2.73. The summed E-state index contributed by atoms with van der Waals surface area (Å²) in [6.07, 6.45) is 2.20. The van der Waals surface area contributed by atoms with Crippen molar-refractivity contribution in [1.82, 2.24) is 4.90 Å². The molecule has 0 aromatic rings. The van der Waals surface area contributed by atoms with Crippen molar-refractivity contribution in [2.75, 3.05) is 0 Å². The van der Waals surface area contributed by atoms with Gasteiger partial charge in [-0.05, 0) is 32.6 Å². The van der Waals surface area contributed by atoms with E-state index < -0.39 is 11.4 Å². The van der Waals surface area contributed by atoms with Crippen molar-refractivity contribution < 1.29 is 19.5 Å². The molecule has 0 bridgehead atoms. The van der Waals surface area contributed by atoms with E-state index in [1.54, 1.807) is 6.92 Å². The number of amides is 2. The molecule has 120 valence electrons. The lowest BCUT2D eigenvalue weighted by atomic mass is 9.78. The van der Waals surface area contributed by atoms with Gasteiger partial charge in [-0.15, -0.1) is 0 Å². The van der Waals surface area contributed by atoms with Crippen LogP contribution in [0.2, 0.25) is 0 Å². The second-order valence-corrected chi connectivity index (χ2v) is 6.84. The standard InChI is InChI=1S/C16H27NO4/c1-10(2)16(5)9-13(18)17(15(16)21)12(4)8-6-7-11(3)14(19)20/h10-12H,6-9H2,1-5H3,(H,19,20). The first kappa shape index (κ1) is 17.7. The fourth-order valence-electron chi connectivity index (χ4n) is 2.73. The number of hydrogen-bond acceptors (Lipinski definition) is 3. The largest absolute Gasteiger partial charge is 0.481 e.